The minimum atomic E-state index is 1.02. The van der Waals surface area contributed by atoms with E-state index < -0.39 is 0 Å². The standard InChI is InChI=1S/C6H10Ge2/c7-5-1-2-6(8)4-3-5/h5-6H,1-4H2. The first-order valence-electron chi connectivity index (χ1n) is 3.21. The van der Waals surface area contributed by atoms with Crippen molar-refractivity contribution in [2.75, 3.05) is 0 Å². The first-order valence-corrected chi connectivity index (χ1v) is 5.63. The molecule has 1 rings (SSSR count). The molecule has 0 nitrogen and oxygen atoms in total. The second kappa shape index (κ2) is 3.30. The summed E-state index contributed by atoms with van der Waals surface area (Å²) in [4.78, 5) is 0. The molecule has 2 heteroatoms. The first-order chi connectivity index (χ1) is 3.79. The Morgan fingerprint density at radius 1 is 0.750 bits per heavy atom. The second-order valence-corrected chi connectivity index (χ2v) is 5.97. The van der Waals surface area contributed by atoms with Gasteiger partial charge < -0.3 is 0 Å². The zero-order chi connectivity index (χ0) is 5.98. The molecule has 1 aliphatic rings. The monoisotopic (exact) mass is 230 g/mol. The van der Waals surface area contributed by atoms with Gasteiger partial charge in [-0.05, 0) is 0 Å². The average molecular weight is 227 g/mol. The molecule has 1 saturated carbocycles. The van der Waals surface area contributed by atoms with Crippen molar-refractivity contribution in [2.45, 2.75) is 35.2 Å². The van der Waals surface area contributed by atoms with Gasteiger partial charge in [0.1, 0.15) is 0 Å². The van der Waals surface area contributed by atoms with E-state index in [1.165, 1.54) is 25.7 Å². The van der Waals surface area contributed by atoms with Gasteiger partial charge in [0.2, 0.25) is 0 Å². The Bertz CT molecular complexity index is 54.9. The van der Waals surface area contributed by atoms with Gasteiger partial charge in [-0.3, -0.25) is 0 Å². The summed E-state index contributed by atoms with van der Waals surface area (Å²) in [6.45, 7) is 0. The van der Waals surface area contributed by atoms with Crippen LogP contribution in [-0.4, -0.2) is 33.0 Å². The van der Waals surface area contributed by atoms with E-state index in [4.69, 9.17) is 0 Å². The molecule has 0 aliphatic heterocycles. The quantitative estimate of drug-likeness (QED) is 0.550. The van der Waals surface area contributed by atoms with Crippen LogP contribution >= 0.6 is 0 Å². The van der Waals surface area contributed by atoms with E-state index >= 15 is 0 Å². The molecule has 0 bridgehead atoms. The molecular formula is C6H10Ge2. The predicted molar refractivity (Wildman–Crippen MR) is 37.5 cm³/mol. The van der Waals surface area contributed by atoms with Crippen molar-refractivity contribution in [3.05, 3.63) is 0 Å². The van der Waals surface area contributed by atoms with Gasteiger partial charge in [-0.25, -0.2) is 0 Å². The van der Waals surface area contributed by atoms with Gasteiger partial charge in [-0.1, -0.05) is 0 Å². The van der Waals surface area contributed by atoms with Gasteiger partial charge in [0.05, 0.1) is 0 Å². The third kappa shape index (κ3) is 2.14. The van der Waals surface area contributed by atoms with E-state index in [0.29, 0.717) is 0 Å². The van der Waals surface area contributed by atoms with E-state index in [9.17, 15) is 0 Å². The number of rotatable bonds is 0. The molecule has 0 aromatic rings. The van der Waals surface area contributed by atoms with Crippen molar-refractivity contribution in [3.63, 3.8) is 0 Å². The van der Waals surface area contributed by atoms with Gasteiger partial charge in [-0.15, -0.1) is 0 Å². The Kier molecular flexibility index (Phi) is 2.97. The molecule has 0 unspecified atom stereocenters. The Labute approximate surface area is 68.2 Å². The van der Waals surface area contributed by atoms with Crippen LogP contribution in [0.4, 0.5) is 0 Å². The summed E-state index contributed by atoms with van der Waals surface area (Å²) < 4.78 is 2.04. The fraction of sp³-hybridized carbons (Fsp3) is 1.00. The van der Waals surface area contributed by atoms with Gasteiger partial charge >= 0.3 is 68.2 Å². The SMILES string of the molecule is [Ge][CH]1CC[CH]([Ge])CC1. The van der Waals surface area contributed by atoms with Crippen LogP contribution in [0.2, 0.25) is 9.50 Å². The zero-order valence-electron chi connectivity index (χ0n) is 4.98. The molecule has 0 spiro atoms. The summed E-state index contributed by atoms with van der Waals surface area (Å²) in [5.41, 5.74) is 0. The van der Waals surface area contributed by atoms with E-state index in [2.05, 4.69) is 33.0 Å². The molecule has 42 valence electrons. The topological polar surface area (TPSA) is 0 Å². The number of hydrogen-bond acceptors (Lipinski definition) is 0. The Hall–Kier alpha value is 1.09. The van der Waals surface area contributed by atoms with Crippen molar-refractivity contribution in [2.24, 2.45) is 0 Å². The Morgan fingerprint density at radius 3 is 1.25 bits per heavy atom. The third-order valence-electron chi connectivity index (χ3n) is 1.73. The molecular weight excluding hydrogens is 217 g/mol. The maximum absolute atomic E-state index is 2.37. The van der Waals surface area contributed by atoms with Crippen LogP contribution in [0, 0.1) is 0 Å². The van der Waals surface area contributed by atoms with Crippen LogP contribution in [0.3, 0.4) is 0 Å². The van der Waals surface area contributed by atoms with E-state index in [-0.39, 0.29) is 0 Å². The van der Waals surface area contributed by atoms with Crippen LogP contribution in [0.1, 0.15) is 25.7 Å². The molecule has 1 fully saturated rings. The fourth-order valence-corrected chi connectivity index (χ4v) is 2.49. The summed E-state index contributed by atoms with van der Waals surface area (Å²) in [5.74, 6) is 0. The summed E-state index contributed by atoms with van der Waals surface area (Å²) in [7, 11) is 0. The van der Waals surface area contributed by atoms with E-state index in [1.54, 1.807) is 0 Å². The van der Waals surface area contributed by atoms with Crippen molar-refractivity contribution >= 4 is 33.0 Å². The van der Waals surface area contributed by atoms with Crippen LogP contribution in [0.5, 0.6) is 0 Å². The fourth-order valence-electron chi connectivity index (χ4n) is 1.09. The second-order valence-electron chi connectivity index (χ2n) is 2.55. The molecule has 0 atom stereocenters. The Morgan fingerprint density at radius 2 is 1.00 bits per heavy atom. The molecule has 6 radical (unpaired) electrons. The zero-order valence-corrected chi connectivity index (χ0v) is 9.18. The van der Waals surface area contributed by atoms with Gasteiger partial charge in [0.25, 0.3) is 0 Å². The van der Waals surface area contributed by atoms with Crippen molar-refractivity contribution in [3.8, 4) is 0 Å². The van der Waals surface area contributed by atoms with E-state index in [1.807, 2.05) is 0 Å². The average Bonchev–Trinajstić information content (AvgIpc) is 1.77. The molecule has 0 aromatic carbocycles. The normalized spacial score (nSPS) is 39.8. The van der Waals surface area contributed by atoms with Crippen molar-refractivity contribution in [1.82, 2.24) is 0 Å². The van der Waals surface area contributed by atoms with E-state index in [0.717, 1.165) is 9.50 Å². The minimum absolute atomic E-state index is 1.02. The molecule has 8 heavy (non-hydrogen) atoms. The summed E-state index contributed by atoms with van der Waals surface area (Å²) in [6.07, 6.45) is 5.89. The summed E-state index contributed by atoms with van der Waals surface area (Å²) >= 11 is 4.73. The van der Waals surface area contributed by atoms with Gasteiger partial charge in [0, 0.05) is 0 Å². The summed E-state index contributed by atoms with van der Waals surface area (Å²) in [5, 5.41) is 0. The molecule has 0 heterocycles. The van der Waals surface area contributed by atoms with Crippen LogP contribution < -0.4 is 0 Å². The third-order valence-corrected chi connectivity index (χ3v) is 4.15. The summed E-state index contributed by atoms with van der Waals surface area (Å²) in [6, 6.07) is 0. The molecule has 0 N–H and O–H groups in total. The van der Waals surface area contributed by atoms with Gasteiger partial charge in [-0.2, -0.15) is 0 Å². The molecule has 0 aromatic heterocycles. The first kappa shape index (κ1) is 7.20. The van der Waals surface area contributed by atoms with Crippen molar-refractivity contribution in [1.29, 1.82) is 0 Å². The molecule has 1 aliphatic carbocycles. The van der Waals surface area contributed by atoms with Crippen LogP contribution in [0.15, 0.2) is 0 Å². The van der Waals surface area contributed by atoms with Crippen LogP contribution in [-0.2, 0) is 0 Å². The van der Waals surface area contributed by atoms with Crippen LogP contribution in [0.25, 0.3) is 0 Å². The number of hydrogen-bond donors (Lipinski definition) is 0. The maximum atomic E-state index is 2.37. The molecule has 0 saturated heterocycles. The molecule has 0 amide bonds. The van der Waals surface area contributed by atoms with Gasteiger partial charge in [0.15, 0.2) is 0 Å². The Balaban J connectivity index is 2.19. The predicted octanol–water partition coefficient (Wildman–Crippen LogP) is 1.47. The van der Waals surface area contributed by atoms with Crippen molar-refractivity contribution < 1.29 is 0 Å².